The molecule has 0 fully saturated rings. The fourth-order valence-electron chi connectivity index (χ4n) is 0. The molecule has 0 atom stereocenters. The van der Waals surface area contributed by atoms with Crippen LogP contribution >= 0.6 is 7.82 Å². The van der Waals surface area contributed by atoms with Crippen molar-refractivity contribution in [1.29, 1.82) is 0 Å². The molecule has 0 bridgehead atoms. The average molecular weight is 219 g/mol. The molecule has 7 nitrogen and oxygen atoms in total. The third kappa shape index (κ3) is 1620. The van der Waals surface area contributed by atoms with Gasteiger partial charge in [-0.25, -0.2) is 4.57 Å². The molecule has 10 heavy (non-hydrogen) atoms. The van der Waals surface area contributed by atoms with E-state index in [1.165, 1.54) is 0 Å². The average Bonchev–Trinajstić information content (AvgIpc) is 1.19. The molecule has 0 aliphatic rings. The summed E-state index contributed by atoms with van der Waals surface area (Å²) in [6.45, 7) is 0. The Morgan fingerprint density at radius 2 is 1.00 bits per heavy atom. The van der Waals surface area contributed by atoms with Gasteiger partial charge in [0.25, 0.3) is 0 Å². The van der Waals surface area contributed by atoms with Crippen molar-refractivity contribution in [3.63, 3.8) is 0 Å². The molecule has 66 valence electrons. The van der Waals surface area contributed by atoms with Crippen molar-refractivity contribution in [2.45, 2.75) is 0 Å². The maximum Gasteiger partial charge on any atom is 0.631 e. The van der Waals surface area contributed by atoms with Gasteiger partial charge in [0.15, 0.2) is 0 Å². The molecule has 0 aliphatic carbocycles. The second kappa shape index (κ2) is 7.65. The van der Waals surface area contributed by atoms with Crippen LogP contribution in [0.5, 0.6) is 0 Å². The van der Waals surface area contributed by atoms with Gasteiger partial charge in [-0.3, -0.25) is 0 Å². The van der Waals surface area contributed by atoms with Gasteiger partial charge in [0.2, 0.25) is 0 Å². The SMILES string of the molecule is O=P(O)(O)O.OB(O)O.[Ni]. The van der Waals surface area contributed by atoms with Crippen molar-refractivity contribution in [1.82, 2.24) is 0 Å². The zero-order valence-electron chi connectivity index (χ0n) is 4.43. The Balaban J connectivity index is -0.0000000910. The summed E-state index contributed by atoms with van der Waals surface area (Å²) in [5.74, 6) is 0. The Morgan fingerprint density at radius 3 is 1.00 bits per heavy atom. The predicted octanol–water partition coefficient (Wildman–Crippen LogP) is -2.98. The third-order valence-electron chi connectivity index (χ3n) is 0. The predicted molar refractivity (Wildman–Crippen MR) is 26.7 cm³/mol. The first kappa shape index (κ1) is 16.9. The Kier molecular flexibility index (Phi) is 12.9. The van der Waals surface area contributed by atoms with Crippen LogP contribution in [0, 0.1) is 0 Å². The van der Waals surface area contributed by atoms with E-state index in [9.17, 15) is 0 Å². The van der Waals surface area contributed by atoms with Gasteiger partial charge in [-0.05, 0) is 0 Å². The van der Waals surface area contributed by atoms with Crippen LogP contribution in [0.4, 0.5) is 0 Å². The van der Waals surface area contributed by atoms with Crippen molar-refractivity contribution in [3.05, 3.63) is 0 Å². The molecule has 0 amide bonds. The van der Waals surface area contributed by atoms with Gasteiger partial charge in [-0.1, -0.05) is 0 Å². The van der Waals surface area contributed by atoms with Gasteiger partial charge >= 0.3 is 15.1 Å². The summed E-state index contributed by atoms with van der Waals surface area (Å²) in [7, 11) is -6.81. The molecule has 0 saturated heterocycles. The minimum absolute atomic E-state index is 0. The Morgan fingerprint density at radius 1 is 1.00 bits per heavy atom. The van der Waals surface area contributed by atoms with Crippen molar-refractivity contribution in [3.8, 4) is 0 Å². The first-order valence-corrected chi connectivity index (χ1v) is 3.12. The van der Waals surface area contributed by atoms with E-state index >= 15 is 0 Å². The topological polar surface area (TPSA) is 138 Å². The van der Waals surface area contributed by atoms with Crippen molar-refractivity contribution >= 4 is 15.1 Å². The standard InChI is InChI=1S/BH3O3.Ni.H3O4P/c2-1(3)4;;1-5(2,3)4/h2-4H;;(H3,1,2,3,4). The minimum Gasteiger partial charge on any atom is -0.402 e. The number of hydrogen-bond donors (Lipinski definition) is 6. The Hall–Kier alpha value is 0.548. The largest absolute Gasteiger partial charge is 0.631 e. The first-order chi connectivity index (χ1) is 3.73. The molecule has 0 aromatic rings. The van der Waals surface area contributed by atoms with Gasteiger partial charge in [-0.2, -0.15) is 0 Å². The van der Waals surface area contributed by atoms with E-state index in [0.717, 1.165) is 0 Å². The molecule has 0 aliphatic heterocycles. The van der Waals surface area contributed by atoms with E-state index < -0.39 is 15.1 Å². The van der Waals surface area contributed by atoms with Gasteiger partial charge < -0.3 is 29.8 Å². The Bertz CT molecular complexity index is 84.8. The molecule has 0 spiro atoms. The summed E-state index contributed by atoms with van der Waals surface area (Å²) in [6.07, 6.45) is 0. The molecule has 0 saturated carbocycles. The van der Waals surface area contributed by atoms with E-state index in [-0.39, 0.29) is 16.5 Å². The summed E-state index contributed by atoms with van der Waals surface area (Å²) >= 11 is 0. The molecular weight excluding hydrogens is 212 g/mol. The summed E-state index contributed by atoms with van der Waals surface area (Å²) in [5.41, 5.74) is 0. The van der Waals surface area contributed by atoms with Crippen LogP contribution in [0.15, 0.2) is 0 Å². The van der Waals surface area contributed by atoms with Gasteiger partial charge in [0, 0.05) is 16.5 Å². The van der Waals surface area contributed by atoms with Crippen molar-refractivity contribution in [2.24, 2.45) is 0 Å². The van der Waals surface area contributed by atoms with Crippen LogP contribution in [-0.4, -0.2) is 37.1 Å². The van der Waals surface area contributed by atoms with Crippen LogP contribution in [0.2, 0.25) is 0 Å². The van der Waals surface area contributed by atoms with E-state index in [1.54, 1.807) is 0 Å². The van der Waals surface area contributed by atoms with Crippen LogP contribution in [-0.2, 0) is 21.1 Å². The number of phosphoric acid groups is 1. The minimum atomic E-state index is -4.64. The molecule has 10 heteroatoms. The van der Waals surface area contributed by atoms with Gasteiger partial charge in [0.05, 0.1) is 0 Å². The number of rotatable bonds is 0. The van der Waals surface area contributed by atoms with E-state index in [0.29, 0.717) is 0 Å². The van der Waals surface area contributed by atoms with Crippen LogP contribution in [0.3, 0.4) is 0 Å². The maximum atomic E-state index is 8.88. The molecular formula is H6BNiO7P. The summed E-state index contributed by atoms with van der Waals surface area (Å²) in [5, 5.41) is 21.5. The van der Waals surface area contributed by atoms with E-state index in [4.69, 9.17) is 34.3 Å². The first-order valence-electron chi connectivity index (χ1n) is 1.56. The second-order valence-corrected chi connectivity index (χ2v) is 1.89. The van der Waals surface area contributed by atoms with Gasteiger partial charge in [0.1, 0.15) is 0 Å². The fourth-order valence-corrected chi connectivity index (χ4v) is 0. The van der Waals surface area contributed by atoms with Crippen molar-refractivity contribution < 1.29 is 50.8 Å². The monoisotopic (exact) mass is 218 g/mol. The second-order valence-electron chi connectivity index (χ2n) is 0.860. The van der Waals surface area contributed by atoms with E-state index in [2.05, 4.69) is 0 Å². The van der Waals surface area contributed by atoms with Crippen LogP contribution < -0.4 is 0 Å². The molecule has 6 N–H and O–H groups in total. The molecule has 0 aromatic carbocycles. The molecule has 0 radical (unpaired) electrons. The molecule has 0 rings (SSSR count). The molecule has 0 aromatic heterocycles. The molecule has 0 unspecified atom stereocenters. The van der Waals surface area contributed by atoms with Crippen LogP contribution in [0.25, 0.3) is 0 Å². The number of hydrogen-bond acceptors (Lipinski definition) is 4. The Labute approximate surface area is 66.7 Å². The maximum absolute atomic E-state index is 8.88. The quantitative estimate of drug-likeness (QED) is 0.188. The molecule has 0 heterocycles. The third-order valence-corrected chi connectivity index (χ3v) is 0. The summed E-state index contributed by atoms with van der Waals surface area (Å²) in [4.78, 5) is 21.6. The van der Waals surface area contributed by atoms with Crippen molar-refractivity contribution in [2.75, 3.05) is 0 Å². The summed E-state index contributed by atoms with van der Waals surface area (Å²) < 4.78 is 8.88. The smallest absolute Gasteiger partial charge is 0.402 e. The van der Waals surface area contributed by atoms with Gasteiger partial charge in [-0.15, -0.1) is 0 Å². The summed E-state index contributed by atoms with van der Waals surface area (Å²) in [6, 6.07) is 0. The van der Waals surface area contributed by atoms with E-state index in [1.807, 2.05) is 0 Å². The zero-order chi connectivity index (χ0) is 8.08. The fraction of sp³-hybridized carbons (Fsp3) is 0. The zero-order valence-corrected chi connectivity index (χ0v) is 6.31. The normalized spacial score (nSPS) is 8.60. The van der Waals surface area contributed by atoms with Crippen LogP contribution in [0.1, 0.15) is 0 Å².